The van der Waals surface area contributed by atoms with E-state index in [0.717, 1.165) is 16.0 Å². The number of hydrogen-bond acceptors (Lipinski definition) is 6. The van der Waals surface area contributed by atoms with E-state index in [1.807, 2.05) is 97.5 Å². The Morgan fingerprint density at radius 2 is 1.56 bits per heavy atom. The van der Waals surface area contributed by atoms with Crippen LogP contribution in [-0.4, -0.2) is 77.3 Å². The highest BCUT2D eigenvalue weighted by atomic mass is 35.5. The van der Waals surface area contributed by atoms with E-state index in [1.54, 1.807) is 0 Å². The Labute approximate surface area is 267 Å². The van der Waals surface area contributed by atoms with Crippen molar-refractivity contribution >= 4 is 52.3 Å². The molecule has 1 N–H and O–H groups in total. The number of piperazine rings is 1. The number of rotatable bonds is 7. The number of carbonyl (C=O) groups is 2. The van der Waals surface area contributed by atoms with E-state index < -0.39 is 6.04 Å². The van der Waals surface area contributed by atoms with Gasteiger partial charge >= 0.3 is 6.03 Å². The van der Waals surface area contributed by atoms with Gasteiger partial charge in [-0.05, 0) is 74.5 Å². The minimum Gasteiger partial charge on any atom is -0.492 e. The number of amidine groups is 1. The van der Waals surface area contributed by atoms with E-state index in [9.17, 15) is 9.59 Å². The van der Waals surface area contributed by atoms with Crippen molar-refractivity contribution in [3.63, 3.8) is 0 Å². The van der Waals surface area contributed by atoms with Crippen LogP contribution in [0.5, 0.6) is 5.75 Å². The van der Waals surface area contributed by atoms with Gasteiger partial charge in [0.15, 0.2) is 5.84 Å². The van der Waals surface area contributed by atoms with E-state index in [4.69, 9.17) is 32.9 Å². The zero-order chi connectivity index (χ0) is 30.7. The van der Waals surface area contributed by atoms with Crippen LogP contribution in [0.2, 0.25) is 10.0 Å². The fraction of sp³-hybridized carbons (Fsp3) is 0.406. The molecule has 3 aromatic rings. The number of hydrogen-bond donors (Lipinski definition) is 1. The molecule has 0 aliphatic carbocycles. The van der Waals surface area contributed by atoms with Crippen LogP contribution >= 0.6 is 34.5 Å². The second-order valence-corrected chi connectivity index (χ2v) is 13.5. The van der Waals surface area contributed by atoms with Crippen molar-refractivity contribution in [1.29, 1.82) is 0 Å². The molecule has 2 atom stereocenters. The summed E-state index contributed by atoms with van der Waals surface area (Å²) in [5, 5.41) is 6.23. The lowest BCUT2D eigenvalue weighted by Crippen LogP contribution is -2.56. The quantitative estimate of drug-likeness (QED) is 0.313. The summed E-state index contributed by atoms with van der Waals surface area (Å²) in [6, 6.07) is 16.2. The monoisotopic (exact) mass is 641 g/mol. The summed E-state index contributed by atoms with van der Waals surface area (Å²) >= 11 is 14.0. The molecule has 1 aromatic heterocycles. The number of urea groups is 1. The first-order valence-corrected chi connectivity index (χ1v) is 16.1. The standard InChI is InChI=1S/C32H37Cl2N5O3S/c1-5-42-25-14-19-43-29(25)30-35-27(21-6-10-23(33)11-7-21)28(22-8-12-24(34)13-9-22)39(30)31(41)38-17-15-37(16-18-38)20-26(40)36-32(2,3)4/h6-14,19,27-28H,5,15-18,20H2,1-4H3,(H,36,40). The molecule has 3 amide bonds. The Bertz CT molecular complexity index is 1460. The number of carbonyl (C=O) groups excluding carboxylic acids is 2. The predicted octanol–water partition coefficient (Wildman–Crippen LogP) is 6.65. The normalized spacial score (nSPS) is 19.3. The molecular weight excluding hydrogens is 605 g/mol. The number of benzene rings is 2. The van der Waals surface area contributed by atoms with E-state index >= 15 is 0 Å². The van der Waals surface area contributed by atoms with Crippen LogP contribution in [0.4, 0.5) is 4.79 Å². The number of amides is 3. The highest BCUT2D eigenvalue weighted by Gasteiger charge is 2.45. The van der Waals surface area contributed by atoms with Crippen LogP contribution in [0.15, 0.2) is 65.0 Å². The molecule has 5 rings (SSSR count). The van der Waals surface area contributed by atoms with Crippen LogP contribution in [0.25, 0.3) is 0 Å². The van der Waals surface area contributed by atoms with Gasteiger partial charge in [0.25, 0.3) is 0 Å². The van der Waals surface area contributed by atoms with Crippen molar-refractivity contribution in [2.45, 2.75) is 45.3 Å². The Balaban J connectivity index is 1.48. The molecule has 1 saturated heterocycles. The van der Waals surface area contributed by atoms with Gasteiger partial charge in [-0.3, -0.25) is 19.6 Å². The molecule has 0 bridgehead atoms. The maximum absolute atomic E-state index is 14.6. The van der Waals surface area contributed by atoms with Gasteiger partial charge in [-0.15, -0.1) is 11.3 Å². The summed E-state index contributed by atoms with van der Waals surface area (Å²) in [5.41, 5.74) is 1.57. The lowest BCUT2D eigenvalue weighted by Gasteiger charge is -2.39. The number of nitrogens with zero attached hydrogens (tertiary/aromatic N) is 4. The van der Waals surface area contributed by atoms with E-state index in [-0.39, 0.29) is 23.5 Å². The molecule has 3 heterocycles. The first-order valence-electron chi connectivity index (χ1n) is 14.4. The topological polar surface area (TPSA) is 77.5 Å². The third-order valence-corrected chi connectivity index (χ3v) is 8.75. The number of nitrogens with one attached hydrogen (secondary N) is 1. The highest BCUT2D eigenvalue weighted by Crippen LogP contribution is 2.46. The van der Waals surface area contributed by atoms with Gasteiger partial charge in [0.1, 0.15) is 16.7 Å². The Morgan fingerprint density at radius 3 is 2.14 bits per heavy atom. The summed E-state index contributed by atoms with van der Waals surface area (Å²) < 4.78 is 5.96. The molecular formula is C32H37Cl2N5O3S. The van der Waals surface area contributed by atoms with Crippen molar-refractivity contribution < 1.29 is 14.3 Å². The second-order valence-electron chi connectivity index (χ2n) is 11.7. The van der Waals surface area contributed by atoms with Gasteiger partial charge in [-0.1, -0.05) is 47.5 Å². The van der Waals surface area contributed by atoms with E-state index in [2.05, 4.69) is 10.2 Å². The molecule has 8 nitrogen and oxygen atoms in total. The molecule has 2 aliphatic rings. The fourth-order valence-electron chi connectivity index (χ4n) is 5.46. The average Bonchev–Trinajstić information content (AvgIpc) is 3.58. The van der Waals surface area contributed by atoms with Gasteiger partial charge < -0.3 is 15.0 Å². The first-order chi connectivity index (χ1) is 20.5. The minimum absolute atomic E-state index is 0.0176. The molecule has 1 fully saturated rings. The van der Waals surface area contributed by atoms with Crippen LogP contribution < -0.4 is 10.1 Å². The minimum atomic E-state index is -0.423. The van der Waals surface area contributed by atoms with Gasteiger partial charge in [-0.25, -0.2) is 4.79 Å². The summed E-state index contributed by atoms with van der Waals surface area (Å²) in [6.07, 6.45) is 0. The number of halogens is 2. The maximum atomic E-state index is 14.6. The second kappa shape index (κ2) is 13.3. The molecule has 2 aromatic carbocycles. The zero-order valence-electron chi connectivity index (χ0n) is 24.8. The fourth-order valence-corrected chi connectivity index (χ4v) is 6.54. The summed E-state index contributed by atoms with van der Waals surface area (Å²) in [4.78, 5) is 38.9. The van der Waals surface area contributed by atoms with Gasteiger partial charge in [0.05, 0.1) is 19.2 Å². The van der Waals surface area contributed by atoms with Crippen molar-refractivity contribution in [2.24, 2.45) is 4.99 Å². The Kier molecular flexibility index (Phi) is 9.66. The molecule has 0 radical (unpaired) electrons. The van der Waals surface area contributed by atoms with Crippen molar-refractivity contribution in [3.8, 4) is 5.75 Å². The lowest BCUT2D eigenvalue weighted by atomic mass is 9.94. The predicted molar refractivity (Wildman–Crippen MR) is 174 cm³/mol. The molecule has 2 unspecified atom stereocenters. The number of ether oxygens (including phenoxy) is 1. The number of thiophene rings is 1. The molecule has 228 valence electrons. The van der Waals surface area contributed by atoms with Gasteiger partial charge in [0, 0.05) is 41.8 Å². The summed E-state index contributed by atoms with van der Waals surface area (Å²) in [5.74, 6) is 1.26. The maximum Gasteiger partial charge on any atom is 0.326 e. The van der Waals surface area contributed by atoms with Crippen molar-refractivity contribution in [3.05, 3.63) is 86.0 Å². The van der Waals surface area contributed by atoms with Crippen molar-refractivity contribution in [1.82, 2.24) is 20.0 Å². The average molecular weight is 643 g/mol. The highest BCUT2D eigenvalue weighted by molar-refractivity contribution is 7.12. The lowest BCUT2D eigenvalue weighted by molar-refractivity contribution is -0.124. The van der Waals surface area contributed by atoms with Gasteiger partial charge in [0.2, 0.25) is 5.91 Å². The van der Waals surface area contributed by atoms with E-state index in [1.165, 1.54) is 11.3 Å². The summed E-state index contributed by atoms with van der Waals surface area (Å²) in [7, 11) is 0. The molecule has 0 saturated carbocycles. The van der Waals surface area contributed by atoms with Crippen molar-refractivity contribution in [2.75, 3.05) is 39.3 Å². The largest absolute Gasteiger partial charge is 0.492 e. The SMILES string of the molecule is CCOc1ccsc1C1=NC(c2ccc(Cl)cc2)C(c2ccc(Cl)cc2)N1C(=O)N1CCN(CC(=O)NC(C)(C)C)CC1. The molecule has 0 spiro atoms. The molecule has 2 aliphatic heterocycles. The van der Waals surface area contributed by atoms with Crippen LogP contribution in [0.3, 0.4) is 0 Å². The first kappa shape index (κ1) is 31.3. The summed E-state index contributed by atoms with van der Waals surface area (Å²) in [6.45, 7) is 10.8. The van der Waals surface area contributed by atoms with Crippen LogP contribution in [-0.2, 0) is 4.79 Å². The third-order valence-electron chi connectivity index (χ3n) is 7.35. The molecule has 11 heteroatoms. The number of aliphatic imine (C=N–C) groups is 1. The molecule has 43 heavy (non-hydrogen) atoms. The zero-order valence-corrected chi connectivity index (χ0v) is 27.2. The van der Waals surface area contributed by atoms with Crippen LogP contribution in [0.1, 0.15) is 55.8 Å². The Morgan fingerprint density at radius 1 is 0.953 bits per heavy atom. The van der Waals surface area contributed by atoms with E-state index in [0.29, 0.717) is 61.0 Å². The van der Waals surface area contributed by atoms with Gasteiger partial charge in [-0.2, -0.15) is 0 Å². The smallest absolute Gasteiger partial charge is 0.326 e. The van der Waals surface area contributed by atoms with Crippen LogP contribution in [0, 0.1) is 0 Å². The Hall–Kier alpha value is -3.11. The third kappa shape index (κ3) is 7.34.